The predicted octanol–water partition coefficient (Wildman–Crippen LogP) is 5.17. The third kappa shape index (κ3) is 7.27. The van der Waals surface area contributed by atoms with Crippen LogP contribution in [0.25, 0.3) is 0 Å². The summed E-state index contributed by atoms with van der Waals surface area (Å²) < 4.78 is 13.1. The molecule has 0 bridgehead atoms. The zero-order valence-corrected chi connectivity index (χ0v) is 23.7. The normalized spacial score (nSPS) is 22.5. The highest BCUT2D eigenvalue weighted by atomic mass is 16.7. The van der Waals surface area contributed by atoms with Crippen LogP contribution in [0.15, 0.2) is 78.9 Å². The second-order valence-electron chi connectivity index (χ2n) is 10.5. The molecular formula is C32H41N3O5. The third-order valence-corrected chi connectivity index (χ3v) is 7.66. The van der Waals surface area contributed by atoms with Crippen molar-refractivity contribution in [2.45, 2.75) is 58.0 Å². The molecule has 0 radical (unpaired) electrons. The van der Waals surface area contributed by atoms with Crippen LogP contribution in [0.5, 0.6) is 0 Å². The van der Waals surface area contributed by atoms with Gasteiger partial charge in [0.25, 0.3) is 0 Å². The number of nitrogens with one attached hydrogen (secondary N) is 2. The van der Waals surface area contributed by atoms with Gasteiger partial charge in [0.2, 0.25) is 0 Å². The van der Waals surface area contributed by atoms with Gasteiger partial charge >= 0.3 is 6.03 Å². The summed E-state index contributed by atoms with van der Waals surface area (Å²) >= 11 is 0. The summed E-state index contributed by atoms with van der Waals surface area (Å²) in [7, 11) is 2.00. The lowest BCUT2D eigenvalue weighted by Gasteiger charge is -2.43. The average molecular weight is 548 g/mol. The standard InChI is InChI=1S/C32H41N3O5/c1-5-33-32(38)34-27-17-15-26(16-18-27)31-39-28(19-35(4)22(3)29(37)24-9-7-6-8-10-24)21(2)30(40-31)25-13-11-23(20-36)12-14-25/h6-18,21-22,28-31,36-37H,5,19-20H2,1-4H3,(H2,33,34,38). The molecule has 3 aromatic rings. The highest BCUT2D eigenvalue weighted by molar-refractivity contribution is 5.89. The fraction of sp³-hybridized carbons (Fsp3) is 0.406. The minimum atomic E-state index is -0.635. The third-order valence-electron chi connectivity index (χ3n) is 7.66. The van der Waals surface area contributed by atoms with Crippen LogP contribution in [0.3, 0.4) is 0 Å². The maximum absolute atomic E-state index is 11.9. The number of hydrogen-bond acceptors (Lipinski definition) is 6. The lowest BCUT2D eigenvalue weighted by molar-refractivity contribution is -0.276. The summed E-state index contributed by atoms with van der Waals surface area (Å²) in [4.78, 5) is 14.0. The Kier molecular flexibility index (Phi) is 10.3. The Morgan fingerprint density at radius 3 is 2.25 bits per heavy atom. The molecule has 2 amide bonds. The molecule has 0 aromatic heterocycles. The van der Waals surface area contributed by atoms with Gasteiger partial charge in [-0.05, 0) is 49.7 Å². The molecule has 8 nitrogen and oxygen atoms in total. The van der Waals surface area contributed by atoms with Crippen LogP contribution >= 0.6 is 0 Å². The molecule has 214 valence electrons. The highest BCUT2D eigenvalue weighted by Crippen LogP contribution is 2.42. The summed E-state index contributed by atoms with van der Waals surface area (Å²) in [5.41, 5.74) is 4.25. The molecule has 1 fully saturated rings. The van der Waals surface area contributed by atoms with Crippen LogP contribution < -0.4 is 10.6 Å². The minimum Gasteiger partial charge on any atom is -0.392 e. The van der Waals surface area contributed by atoms with Crippen molar-refractivity contribution in [3.63, 3.8) is 0 Å². The number of likely N-dealkylation sites (N-methyl/N-ethyl adjacent to an activating group) is 1. The van der Waals surface area contributed by atoms with E-state index in [9.17, 15) is 15.0 Å². The van der Waals surface area contributed by atoms with E-state index >= 15 is 0 Å². The first-order valence-electron chi connectivity index (χ1n) is 13.9. The Hall–Kier alpha value is -3.27. The van der Waals surface area contributed by atoms with Crippen molar-refractivity contribution in [1.82, 2.24) is 10.2 Å². The fourth-order valence-corrected chi connectivity index (χ4v) is 5.01. The molecule has 4 rings (SSSR count). The van der Waals surface area contributed by atoms with Crippen molar-refractivity contribution in [3.05, 3.63) is 101 Å². The van der Waals surface area contributed by atoms with Gasteiger partial charge in [0.15, 0.2) is 6.29 Å². The number of amides is 2. The summed E-state index contributed by atoms with van der Waals surface area (Å²) in [5, 5.41) is 26.1. The van der Waals surface area contributed by atoms with E-state index in [1.807, 2.05) is 99.8 Å². The Morgan fingerprint density at radius 1 is 0.975 bits per heavy atom. The number of anilines is 1. The first-order chi connectivity index (χ1) is 19.3. The number of ether oxygens (including phenoxy) is 2. The first-order valence-corrected chi connectivity index (χ1v) is 13.9. The van der Waals surface area contributed by atoms with E-state index < -0.39 is 12.4 Å². The number of aliphatic hydroxyl groups is 2. The van der Waals surface area contributed by atoms with Crippen LogP contribution in [-0.4, -0.2) is 53.4 Å². The van der Waals surface area contributed by atoms with E-state index in [-0.39, 0.29) is 36.8 Å². The number of hydrogen-bond donors (Lipinski definition) is 4. The maximum atomic E-state index is 11.9. The largest absolute Gasteiger partial charge is 0.392 e. The number of carbonyl (C=O) groups is 1. The lowest BCUT2D eigenvalue weighted by atomic mass is 9.89. The van der Waals surface area contributed by atoms with E-state index in [1.54, 1.807) is 0 Å². The van der Waals surface area contributed by atoms with E-state index in [0.717, 1.165) is 22.3 Å². The molecular weight excluding hydrogens is 506 g/mol. The minimum absolute atomic E-state index is 0.0124. The number of benzene rings is 3. The molecule has 40 heavy (non-hydrogen) atoms. The quantitative estimate of drug-likeness (QED) is 0.279. The number of rotatable bonds is 10. The summed E-state index contributed by atoms with van der Waals surface area (Å²) in [6.45, 7) is 7.13. The average Bonchev–Trinajstić information content (AvgIpc) is 2.98. The van der Waals surface area contributed by atoms with Gasteiger partial charge in [0.05, 0.1) is 24.9 Å². The van der Waals surface area contributed by atoms with Crippen molar-refractivity contribution < 1.29 is 24.5 Å². The van der Waals surface area contributed by atoms with Gasteiger partial charge in [-0.3, -0.25) is 4.90 Å². The number of carbonyl (C=O) groups excluding carboxylic acids is 1. The number of aliphatic hydroxyl groups excluding tert-OH is 2. The second-order valence-corrected chi connectivity index (χ2v) is 10.5. The molecule has 1 aliphatic heterocycles. The molecule has 0 aliphatic carbocycles. The fourth-order valence-electron chi connectivity index (χ4n) is 5.01. The van der Waals surface area contributed by atoms with Crippen LogP contribution in [-0.2, 0) is 16.1 Å². The van der Waals surface area contributed by atoms with E-state index in [0.29, 0.717) is 18.8 Å². The zero-order valence-electron chi connectivity index (χ0n) is 23.7. The van der Waals surface area contributed by atoms with Crippen molar-refractivity contribution in [1.29, 1.82) is 0 Å². The molecule has 1 saturated heterocycles. The monoisotopic (exact) mass is 547 g/mol. The van der Waals surface area contributed by atoms with Crippen molar-refractivity contribution in [2.75, 3.05) is 25.5 Å². The van der Waals surface area contributed by atoms with Gasteiger partial charge in [-0.1, -0.05) is 73.7 Å². The smallest absolute Gasteiger partial charge is 0.319 e. The van der Waals surface area contributed by atoms with Gasteiger partial charge < -0.3 is 30.3 Å². The lowest BCUT2D eigenvalue weighted by Crippen LogP contribution is -2.46. The molecule has 3 aromatic carbocycles. The molecule has 6 atom stereocenters. The van der Waals surface area contributed by atoms with Crippen molar-refractivity contribution in [2.24, 2.45) is 5.92 Å². The Labute approximate surface area is 236 Å². The van der Waals surface area contributed by atoms with Crippen LogP contribution in [0.2, 0.25) is 0 Å². The molecule has 4 N–H and O–H groups in total. The van der Waals surface area contributed by atoms with E-state index in [1.165, 1.54) is 0 Å². The predicted molar refractivity (Wildman–Crippen MR) is 156 cm³/mol. The molecule has 1 heterocycles. The SMILES string of the molecule is CCNC(=O)Nc1ccc(C2OC(CN(C)C(C)C(O)c3ccccc3)C(C)C(c3ccc(CO)cc3)O2)cc1. The second kappa shape index (κ2) is 13.9. The van der Waals surface area contributed by atoms with Crippen molar-refractivity contribution >= 4 is 11.7 Å². The zero-order chi connectivity index (χ0) is 28.6. The number of urea groups is 1. The first kappa shape index (κ1) is 29.7. The van der Waals surface area contributed by atoms with Gasteiger partial charge in [-0.2, -0.15) is 0 Å². The Morgan fingerprint density at radius 2 is 1.62 bits per heavy atom. The van der Waals surface area contributed by atoms with Crippen LogP contribution in [0, 0.1) is 5.92 Å². The summed E-state index contributed by atoms with van der Waals surface area (Å²) in [5.74, 6) is 0.0124. The van der Waals surface area contributed by atoms with E-state index in [2.05, 4.69) is 22.5 Å². The molecule has 6 unspecified atom stereocenters. The van der Waals surface area contributed by atoms with Gasteiger partial charge in [0.1, 0.15) is 0 Å². The van der Waals surface area contributed by atoms with Crippen LogP contribution in [0.1, 0.15) is 61.5 Å². The molecule has 0 spiro atoms. The van der Waals surface area contributed by atoms with E-state index in [4.69, 9.17) is 9.47 Å². The van der Waals surface area contributed by atoms with Crippen molar-refractivity contribution in [3.8, 4) is 0 Å². The Balaban J connectivity index is 1.55. The Bertz CT molecular complexity index is 1210. The van der Waals surface area contributed by atoms with Crippen LogP contribution in [0.4, 0.5) is 10.5 Å². The van der Waals surface area contributed by atoms with Gasteiger partial charge in [-0.25, -0.2) is 4.79 Å². The van der Waals surface area contributed by atoms with Gasteiger partial charge in [-0.15, -0.1) is 0 Å². The molecule has 0 saturated carbocycles. The highest BCUT2D eigenvalue weighted by Gasteiger charge is 2.39. The van der Waals surface area contributed by atoms with Gasteiger partial charge in [0, 0.05) is 36.3 Å². The summed E-state index contributed by atoms with van der Waals surface area (Å²) in [6.07, 6.45) is -1.69. The molecule has 1 aliphatic rings. The topological polar surface area (TPSA) is 103 Å². The summed E-state index contributed by atoms with van der Waals surface area (Å²) in [6, 6.07) is 24.6. The maximum Gasteiger partial charge on any atom is 0.319 e. The number of nitrogens with zero attached hydrogens (tertiary/aromatic N) is 1. The molecule has 8 heteroatoms.